The van der Waals surface area contributed by atoms with E-state index < -0.39 is 0 Å². The summed E-state index contributed by atoms with van der Waals surface area (Å²) >= 11 is 0. The molecule has 0 spiro atoms. The molecule has 12 heavy (non-hydrogen) atoms. The van der Waals surface area contributed by atoms with E-state index >= 15 is 0 Å². The molecule has 1 heterocycles. The second-order valence-electron chi connectivity index (χ2n) is 2.39. The number of rotatable bonds is 3. The summed E-state index contributed by atoms with van der Waals surface area (Å²) in [6.45, 7) is 6.57. The van der Waals surface area contributed by atoms with E-state index in [-0.39, 0.29) is 0 Å². The number of nitrogens with one attached hydrogen (secondary N) is 1. The molecule has 0 aliphatic carbocycles. The molecule has 0 fully saturated rings. The summed E-state index contributed by atoms with van der Waals surface area (Å²) in [6, 6.07) is 1.89. The Morgan fingerprint density at radius 1 is 1.75 bits per heavy atom. The van der Waals surface area contributed by atoms with E-state index in [2.05, 4.69) is 16.9 Å². The topological polar surface area (TPSA) is 50.9 Å². The zero-order chi connectivity index (χ0) is 8.97. The average molecular weight is 163 g/mol. The Morgan fingerprint density at radius 2 is 2.50 bits per heavy atom. The van der Waals surface area contributed by atoms with Crippen molar-refractivity contribution in [3.8, 4) is 0 Å². The molecule has 0 atom stereocenters. The molecule has 0 radical (unpaired) electrons. The lowest BCUT2D eigenvalue weighted by Gasteiger charge is -2.08. The van der Waals surface area contributed by atoms with Crippen LogP contribution in [0.3, 0.4) is 0 Å². The summed E-state index contributed by atoms with van der Waals surface area (Å²) in [6.07, 6.45) is 3.39. The molecule has 1 rings (SSSR count). The van der Waals surface area contributed by atoms with Crippen molar-refractivity contribution in [1.82, 2.24) is 4.98 Å². The van der Waals surface area contributed by atoms with E-state index in [1.807, 2.05) is 13.0 Å². The van der Waals surface area contributed by atoms with E-state index in [0.717, 1.165) is 17.8 Å². The standard InChI is InChI=1S/C9H13N3/c1-3-7-8(11-4-2)5-6-12-9(7)10/h3,5-6H,1,4H2,2H3,(H3,10,11,12). The predicted octanol–water partition coefficient (Wildman–Crippen LogP) is 1.74. The van der Waals surface area contributed by atoms with Gasteiger partial charge in [0.15, 0.2) is 0 Å². The first kappa shape index (κ1) is 8.59. The largest absolute Gasteiger partial charge is 0.385 e. The maximum atomic E-state index is 5.64. The van der Waals surface area contributed by atoms with Crippen LogP contribution in [0.1, 0.15) is 12.5 Å². The summed E-state index contributed by atoms with van der Waals surface area (Å²) in [4.78, 5) is 3.96. The van der Waals surface area contributed by atoms with Gasteiger partial charge in [-0.05, 0) is 13.0 Å². The first-order chi connectivity index (χ1) is 5.79. The van der Waals surface area contributed by atoms with Crippen LogP contribution < -0.4 is 11.1 Å². The monoisotopic (exact) mass is 163 g/mol. The lowest BCUT2D eigenvalue weighted by Crippen LogP contribution is -2.02. The Hall–Kier alpha value is -1.51. The molecule has 0 aliphatic rings. The number of nitrogens with zero attached hydrogens (tertiary/aromatic N) is 1. The zero-order valence-electron chi connectivity index (χ0n) is 7.17. The Bertz CT molecular complexity index is 281. The van der Waals surface area contributed by atoms with Gasteiger partial charge in [0, 0.05) is 24.0 Å². The van der Waals surface area contributed by atoms with Crippen molar-refractivity contribution >= 4 is 17.6 Å². The van der Waals surface area contributed by atoms with E-state index in [1.54, 1.807) is 12.3 Å². The van der Waals surface area contributed by atoms with Gasteiger partial charge in [-0.3, -0.25) is 0 Å². The number of nitrogen functional groups attached to an aromatic ring is 1. The van der Waals surface area contributed by atoms with Crippen molar-refractivity contribution in [1.29, 1.82) is 0 Å². The fourth-order valence-electron chi connectivity index (χ4n) is 1.05. The van der Waals surface area contributed by atoms with Crippen molar-refractivity contribution < 1.29 is 0 Å². The highest BCUT2D eigenvalue weighted by Crippen LogP contribution is 2.20. The van der Waals surface area contributed by atoms with Crippen LogP contribution in [0.5, 0.6) is 0 Å². The fourth-order valence-corrected chi connectivity index (χ4v) is 1.05. The van der Waals surface area contributed by atoms with Crippen molar-refractivity contribution in [3.05, 3.63) is 24.4 Å². The van der Waals surface area contributed by atoms with Crippen LogP contribution in [0.15, 0.2) is 18.8 Å². The Balaban J connectivity index is 3.09. The van der Waals surface area contributed by atoms with Crippen molar-refractivity contribution in [2.24, 2.45) is 0 Å². The predicted molar refractivity (Wildman–Crippen MR) is 52.9 cm³/mol. The summed E-state index contributed by atoms with van der Waals surface area (Å²) in [5.74, 6) is 0.517. The molecular weight excluding hydrogens is 150 g/mol. The third-order valence-corrected chi connectivity index (χ3v) is 1.59. The summed E-state index contributed by atoms with van der Waals surface area (Å²) in [7, 11) is 0. The fraction of sp³-hybridized carbons (Fsp3) is 0.222. The quantitative estimate of drug-likeness (QED) is 0.713. The minimum Gasteiger partial charge on any atom is -0.385 e. The van der Waals surface area contributed by atoms with Crippen LogP contribution in [0.2, 0.25) is 0 Å². The highest BCUT2D eigenvalue weighted by atomic mass is 14.9. The van der Waals surface area contributed by atoms with E-state index in [4.69, 9.17) is 5.73 Å². The Morgan fingerprint density at radius 3 is 3.08 bits per heavy atom. The molecule has 0 aromatic carbocycles. The minimum atomic E-state index is 0.517. The van der Waals surface area contributed by atoms with Crippen LogP contribution in [-0.2, 0) is 0 Å². The van der Waals surface area contributed by atoms with Gasteiger partial charge in [-0.15, -0.1) is 0 Å². The second kappa shape index (κ2) is 3.76. The van der Waals surface area contributed by atoms with Crippen LogP contribution in [0, 0.1) is 0 Å². The molecule has 0 bridgehead atoms. The molecular formula is C9H13N3. The maximum Gasteiger partial charge on any atom is 0.132 e. The lowest BCUT2D eigenvalue weighted by molar-refractivity contribution is 1.20. The van der Waals surface area contributed by atoms with E-state index in [1.165, 1.54) is 0 Å². The highest BCUT2D eigenvalue weighted by Gasteiger charge is 2.01. The summed E-state index contributed by atoms with van der Waals surface area (Å²) in [5, 5.41) is 3.18. The van der Waals surface area contributed by atoms with E-state index in [9.17, 15) is 0 Å². The van der Waals surface area contributed by atoms with Gasteiger partial charge in [0.1, 0.15) is 5.82 Å². The smallest absolute Gasteiger partial charge is 0.132 e. The molecule has 0 amide bonds. The molecule has 0 aliphatic heterocycles. The van der Waals surface area contributed by atoms with Gasteiger partial charge in [0.25, 0.3) is 0 Å². The number of hydrogen-bond acceptors (Lipinski definition) is 3. The van der Waals surface area contributed by atoms with E-state index in [0.29, 0.717) is 5.82 Å². The van der Waals surface area contributed by atoms with Crippen LogP contribution in [-0.4, -0.2) is 11.5 Å². The number of anilines is 2. The molecule has 3 heteroatoms. The van der Waals surface area contributed by atoms with Gasteiger partial charge in [0.05, 0.1) is 0 Å². The molecule has 1 aromatic rings. The van der Waals surface area contributed by atoms with Gasteiger partial charge < -0.3 is 11.1 Å². The summed E-state index contributed by atoms with van der Waals surface area (Å²) in [5.41, 5.74) is 7.50. The van der Waals surface area contributed by atoms with Gasteiger partial charge in [-0.1, -0.05) is 12.7 Å². The Labute approximate surface area is 72.3 Å². The van der Waals surface area contributed by atoms with Gasteiger partial charge in [-0.2, -0.15) is 0 Å². The lowest BCUT2D eigenvalue weighted by atomic mass is 10.2. The number of pyridine rings is 1. The first-order valence-corrected chi connectivity index (χ1v) is 3.90. The number of aromatic nitrogens is 1. The molecule has 0 unspecified atom stereocenters. The molecule has 1 aromatic heterocycles. The highest BCUT2D eigenvalue weighted by molar-refractivity contribution is 5.73. The van der Waals surface area contributed by atoms with Gasteiger partial charge in [0.2, 0.25) is 0 Å². The normalized spacial score (nSPS) is 9.42. The molecule has 0 saturated carbocycles. The molecule has 3 N–H and O–H groups in total. The third kappa shape index (κ3) is 1.56. The SMILES string of the molecule is C=Cc1c(NCC)ccnc1N. The molecule has 0 saturated heterocycles. The third-order valence-electron chi connectivity index (χ3n) is 1.59. The van der Waals surface area contributed by atoms with Crippen molar-refractivity contribution in [3.63, 3.8) is 0 Å². The molecule has 3 nitrogen and oxygen atoms in total. The first-order valence-electron chi connectivity index (χ1n) is 3.90. The average Bonchev–Trinajstić information content (AvgIpc) is 2.05. The maximum absolute atomic E-state index is 5.64. The second-order valence-corrected chi connectivity index (χ2v) is 2.39. The van der Waals surface area contributed by atoms with Gasteiger partial charge >= 0.3 is 0 Å². The summed E-state index contributed by atoms with van der Waals surface area (Å²) < 4.78 is 0. The molecule has 64 valence electrons. The van der Waals surface area contributed by atoms with Crippen molar-refractivity contribution in [2.45, 2.75) is 6.92 Å². The van der Waals surface area contributed by atoms with Gasteiger partial charge in [-0.25, -0.2) is 4.98 Å². The van der Waals surface area contributed by atoms with Crippen LogP contribution in [0.25, 0.3) is 6.08 Å². The minimum absolute atomic E-state index is 0.517. The number of nitrogens with two attached hydrogens (primary N) is 1. The zero-order valence-corrected chi connectivity index (χ0v) is 7.17. The Kier molecular flexibility index (Phi) is 2.69. The number of hydrogen-bond donors (Lipinski definition) is 2. The van der Waals surface area contributed by atoms with Crippen molar-refractivity contribution in [2.75, 3.05) is 17.6 Å². The van der Waals surface area contributed by atoms with Crippen LogP contribution in [0.4, 0.5) is 11.5 Å². The van der Waals surface area contributed by atoms with Crippen LogP contribution >= 0.6 is 0 Å².